The van der Waals surface area contributed by atoms with E-state index in [4.69, 9.17) is 4.52 Å². The van der Waals surface area contributed by atoms with Gasteiger partial charge >= 0.3 is 0 Å². The molecule has 5 nitrogen and oxygen atoms in total. The second-order valence-corrected chi connectivity index (χ2v) is 6.83. The van der Waals surface area contributed by atoms with Crippen LogP contribution < -0.4 is 5.32 Å². The number of nitrogens with one attached hydrogen (secondary N) is 1. The minimum atomic E-state index is -0.310. The van der Waals surface area contributed by atoms with Gasteiger partial charge in [0.2, 0.25) is 17.6 Å². The molecule has 0 saturated carbocycles. The summed E-state index contributed by atoms with van der Waals surface area (Å²) in [5.74, 6) is 0.342. The standard InChI is InChI=1S/C21H20FN3O2/c1-13-6-7-15(12-17(13)22)21-24-20(27-25-21)11-10-19(26)23-18-9-8-14-4-2-3-5-16(14)18/h2-7,12,18H,8-11H2,1H3,(H,23,26). The molecule has 0 fully saturated rings. The SMILES string of the molecule is Cc1ccc(-c2noc(CCC(=O)NC3CCc4ccccc43)n2)cc1F. The largest absolute Gasteiger partial charge is 0.349 e. The zero-order chi connectivity index (χ0) is 18.8. The fourth-order valence-electron chi connectivity index (χ4n) is 3.40. The predicted molar refractivity (Wildman–Crippen MR) is 98.4 cm³/mol. The van der Waals surface area contributed by atoms with Crippen molar-refractivity contribution in [3.05, 3.63) is 70.9 Å². The molecule has 1 aliphatic rings. The van der Waals surface area contributed by atoms with Crippen molar-refractivity contribution in [3.63, 3.8) is 0 Å². The van der Waals surface area contributed by atoms with Gasteiger partial charge in [-0.25, -0.2) is 4.39 Å². The molecule has 0 radical (unpaired) electrons. The number of halogens is 1. The fraction of sp³-hybridized carbons (Fsp3) is 0.286. The van der Waals surface area contributed by atoms with E-state index in [1.807, 2.05) is 12.1 Å². The number of nitrogens with zero attached hydrogens (tertiary/aromatic N) is 2. The number of benzene rings is 2. The molecule has 6 heteroatoms. The number of rotatable bonds is 5. The number of fused-ring (bicyclic) bond motifs is 1. The first-order valence-electron chi connectivity index (χ1n) is 9.06. The zero-order valence-electron chi connectivity index (χ0n) is 15.0. The lowest BCUT2D eigenvalue weighted by Crippen LogP contribution is -2.27. The van der Waals surface area contributed by atoms with Gasteiger partial charge in [-0.1, -0.05) is 41.6 Å². The van der Waals surface area contributed by atoms with Gasteiger partial charge in [0, 0.05) is 18.4 Å². The van der Waals surface area contributed by atoms with Crippen LogP contribution in [0.1, 0.15) is 41.5 Å². The molecule has 1 amide bonds. The third kappa shape index (κ3) is 3.74. The van der Waals surface area contributed by atoms with Crippen LogP contribution in [0, 0.1) is 12.7 Å². The number of hydrogen-bond acceptors (Lipinski definition) is 4. The first-order chi connectivity index (χ1) is 13.1. The number of hydrogen-bond donors (Lipinski definition) is 1. The summed E-state index contributed by atoms with van der Waals surface area (Å²) in [4.78, 5) is 16.6. The molecule has 1 N–H and O–H groups in total. The zero-order valence-corrected chi connectivity index (χ0v) is 15.0. The van der Waals surface area contributed by atoms with Crippen molar-refractivity contribution in [3.8, 4) is 11.4 Å². The second-order valence-electron chi connectivity index (χ2n) is 6.83. The monoisotopic (exact) mass is 365 g/mol. The predicted octanol–water partition coefficient (Wildman–Crippen LogP) is 3.92. The molecule has 0 aliphatic heterocycles. The number of aryl methyl sites for hydroxylation is 3. The molecular formula is C21H20FN3O2. The normalized spacial score (nSPS) is 15.6. The van der Waals surface area contributed by atoms with Crippen LogP contribution in [0.2, 0.25) is 0 Å². The molecule has 1 heterocycles. The van der Waals surface area contributed by atoms with Crippen molar-refractivity contribution >= 4 is 5.91 Å². The van der Waals surface area contributed by atoms with Gasteiger partial charge in [0.25, 0.3) is 0 Å². The van der Waals surface area contributed by atoms with E-state index in [9.17, 15) is 9.18 Å². The quantitative estimate of drug-likeness (QED) is 0.744. The Kier molecular flexibility index (Phi) is 4.71. The van der Waals surface area contributed by atoms with Crippen molar-refractivity contribution in [2.45, 2.75) is 38.6 Å². The minimum absolute atomic E-state index is 0.0437. The fourth-order valence-corrected chi connectivity index (χ4v) is 3.40. The van der Waals surface area contributed by atoms with Gasteiger partial charge in [0.1, 0.15) is 5.82 Å². The van der Waals surface area contributed by atoms with Gasteiger partial charge in [-0.05, 0) is 42.5 Å². The molecular weight excluding hydrogens is 345 g/mol. The van der Waals surface area contributed by atoms with Crippen LogP contribution in [0.3, 0.4) is 0 Å². The van der Waals surface area contributed by atoms with Crippen LogP contribution in [-0.2, 0) is 17.6 Å². The van der Waals surface area contributed by atoms with Crippen molar-refractivity contribution < 1.29 is 13.7 Å². The lowest BCUT2D eigenvalue weighted by atomic mass is 10.1. The van der Waals surface area contributed by atoms with Crippen LogP contribution in [0.5, 0.6) is 0 Å². The van der Waals surface area contributed by atoms with Gasteiger partial charge in [0.15, 0.2) is 0 Å². The molecule has 0 saturated heterocycles. The highest BCUT2D eigenvalue weighted by molar-refractivity contribution is 5.76. The molecule has 0 bridgehead atoms. The molecule has 0 spiro atoms. The van der Waals surface area contributed by atoms with Crippen molar-refractivity contribution in [1.82, 2.24) is 15.5 Å². The van der Waals surface area contributed by atoms with Crippen LogP contribution in [0.4, 0.5) is 4.39 Å². The third-order valence-electron chi connectivity index (χ3n) is 4.93. The maximum absolute atomic E-state index is 13.7. The maximum Gasteiger partial charge on any atom is 0.227 e. The number of carbonyl (C=O) groups is 1. The van der Waals surface area contributed by atoms with Gasteiger partial charge in [-0.3, -0.25) is 4.79 Å². The highest BCUT2D eigenvalue weighted by Crippen LogP contribution is 2.30. The number of aromatic nitrogens is 2. The van der Waals surface area contributed by atoms with Crippen molar-refractivity contribution in [2.75, 3.05) is 0 Å². The minimum Gasteiger partial charge on any atom is -0.349 e. The Morgan fingerprint density at radius 2 is 2.15 bits per heavy atom. The average molecular weight is 365 g/mol. The molecule has 3 aromatic rings. The summed E-state index contributed by atoms with van der Waals surface area (Å²) in [6.07, 6.45) is 2.53. The van der Waals surface area contributed by atoms with E-state index in [-0.39, 0.29) is 24.2 Å². The van der Waals surface area contributed by atoms with Crippen LogP contribution in [0.15, 0.2) is 47.0 Å². The summed E-state index contributed by atoms with van der Waals surface area (Å²) in [6.45, 7) is 1.70. The Balaban J connectivity index is 1.35. The highest BCUT2D eigenvalue weighted by Gasteiger charge is 2.23. The number of carbonyl (C=O) groups excluding carboxylic acids is 1. The molecule has 27 heavy (non-hydrogen) atoms. The molecule has 1 aromatic heterocycles. The van der Waals surface area contributed by atoms with E-state index in [0.717, 1.165) is 12.8 Å². The Hall–Kier alpha value is -3.02. The van der Waals surface area contributed by atoms with E-state index in [1.165, 1.54) is 17.2 Å². The first kappa shape index (κ1) is 17.4. The summed E-state index contributed by atoms with van der Waals surface area (Å²) in [6, 6.07) is 13.1. The summed E-state index contributed by atoms with van der Waals surface area (Å²) in [5, 5.41) is 6.96. The molecule has 1 unspecified atom stereocenters. The maximum atomic E-state index is 13.7. The summed E-state index contributed by atoms with van der Waals surface area (Å²) in [5.41, 5.74) is 3.62. The van der Waals surface area contributed by atoms with Gasteiger partial charge < -0.3 is 9.84 Å². The molecule has 1 aliphatic carbocycles. The Morgan fingerprint density at radius 3 is 3.00 bits per heavy atom. The van der Waals surface area contributed by atoms with Crippen LogP contribution in [-0.4, -0.2) is 16.0 Å². The smallest absolute Gasteiger partial charge is 0.227 e. The Bertz CT molecular complexity index is 983. The van der Waals surface area contributed by atoms with Crippen LogP contribution in [0.25, 0.3) is 11.4 Å². The summed E-state index contributed by atoms with van der Waals surface area (Å²) >= 11 is 0. The number of amides is 1. The highest BCUT2D eigenvalue weighted by atomic mass is 19.1. The first-order valence-corrected chi connectivity index (χ1v) is 9.06. The third-order valence-corrected chi connectivity index (χ3v) is 4.93. The van der Waals surface area contributed by atoms with E-state index in [0.29, 0.717) is 29.3 Å². The molecule has 138 valence electrons. The average Bonchev–Trinajstić information content (AvgIpc) is 3.30. The van der Waals surface area contributed by atoms with Crippen LogP contribution >= 0.6 is 0 Å². The van der Waals surface area contributed by atoms with Gasteiger partial charge in [-0.2, -0.15) is 4.98 Å². The summed E-state index contributed by atoms with van der Waals surface area (Å²) in [7, 11) is 0. The lowest BCUT2D eigenvalue weighted by Gasteiger charge is -2.13. The Labute approximate surface area is 156 Å². The van der Waals surface area contributed by atoms with E-state index < -0.39 is 0 Å². The van der Waals surface area contributed by atoms with Gasteiger partial charge in [0.05, 0.1) is 6.04 Å². The molecule has 2 aromatic carbocycles. The molecule has 1 atom stereocenters. The van der Waals surface area contributed by atoms with Gasteiger partial charge in [-0.15, -0.1) is 0 Å². The topological polar surface area (TPSA) is 68.0 Å². The van der Waals surface area contributed by atoms with E-state index in [1.54, 1.807) is 19.1 Å². The van der Waals surface area contributed by atoms with Crippen molar-refractivity contribution in [1.29, 1.82) is 0 Å². The van der Waals surface area contributed by atoms with E-state index >= 15 is 0 Å². The second kappa shape index (κ2) is 7.31. The summed E-state index contributed by atoms with van der Waals surface area (Å²) < 4.78 is 18.9. The van der Waals surface area contributed by atoms with Crippen molar-refractivity contribution in [2.24, 2.45) is 0 Å². The lowest BCUT2D eigenvalue weighted by molar-refractivity contribution is -0.121. The van der Waals surface area contributed by atoms with E-state index in [2.05, 4.69) is 27.6 Å². The molecule has 4 rings (SSSR count). The Morgan fingerprint density at radius 1 is 1.30 bits per heavy atom.